The molecule has 1 unspecified atom stereocenters. The normalized spacial score (nSPS) is 18.2. The van der Waals surface area contributed by atoms with Crippen LogP contribution in [-0.2, 0) is 16.1 Å². The first-order valence-electron chi connectivity index (χ1n) is 9.69. The van der Waals surface area contributed by atoms with Gasteiger partial charge < -0.3 is 10.1 Å². The summed E-state index contributed by atoms with van der Waals surface area (Å²) < 4.78 is 5.12. The van der Waals surface area contributed by atoms with Gasteiger partial charge in [0.1, 0.15) is 11.6 Å². The number of amides is 2. The molecule has 2 aromatic carbocycles. The van der Waals surface area contributed by atoms with Gasteiger partial charge in [-0.15, -0.1) is 11.8 Å². The van der Waals surface area contributed by atoms with E-state index >= 15 is 0 Å². The number of hydrogen-bond acceptors (Lipinski definition) is 4. The molecule has 0 radical (unpaired) electrons. The van der Waals surface area contributed by atoms with Gasteiger partial charge in [-0.05, 0) is 52.3 Å². The molecule has 0 aromatic heterocycles. The molecule has 0 fully saturated rings. The van der Waals surface area contributed by atoms with Crippen LogP contribution in [0.4, 0.5) is 10.5 Å². The number of nitrogens with zero attached hydrogens (tertiary/aromatic N) is 1. The van der Waals surface area contributed by atoms with Crippen molar-refractivity contribution in [2.24, 2.45) is 0 Å². The predicted octanol–water partition coefficient (Wildman–Crippen LogP) is 5.32. The second-order valence-electron chi connectivity index (χ2n) is 8.69. The highest BCUT2D eigenvalue weighted by Crippen LogP contribution is 2.44. The van der Waals surface area contributed by atoms with Gasteiger partial charge in [0.05, 0.1) is 5.69 Å². The third kappa shape index (κ3) is 5.12. The zero-order chi connectivity index (χ0) is 21.2. The molecule has 2 aromatic rings. The molecule has 2 amide bonds. The number of hydrogen-bond donors (Lipinski definition) is 1. The molecule has 5 nitrogen and oxygen atoms in total. The summed E-state index contributed by atoms with van der Waals surface area (Å²) in [7, 11) is 0. The molecular weight excluding hydrogens is 384 g/mol. The van der Waals surface area contributed by atoms with Crippen molar-refractivity contribution in [3.8, 4) is 0 Å². The monoisotopic (exact) mass is 412 g/mol. The van der Waals surface area contributed by atoms with Crippen LogP contribution >= 0.6 is 11.8 Å². The van der Waals surface area contributed by atoms with Gasteiger partial charge in [0, 0.05) is 16.2 Å². The third-order valence-electron chi connectivity index (χ3n) is 4.56. The summed E-state index contributed by atoms with van der Waals surface area (Å²) in [4.78, 5) is 29.0. The van der Waals surface area contributed by atoms with Crippen molar-refractivity contribution >= 4 is 29.4 Å². The summed E-state index contributed by atoms with van der Waals surface area (Å²) in [6, 6.07) is 16.7. The number of ether oxygens (including phenoxy) is 1. The Morgan fingerprint density at radius 2 is 1.72 bits per heavy atom. The van der Waals surface area contributed by atoms with Crippen molar-refractivity contribution in [1.29, 1.82) is 0 Å². The second-order valence-corrected chi connectivity index (χ2v) is 10.4. The number of benzene rings is 2. The van der Waals surface area contributed by atoms with Gasteiger partial charge in [0.2, 0.25) is 5.91 Å². The van der Waals surface area contributed by atoms with Gasteiger partial charge in [-0.2, -0.15) is 0 Å². The van der Waals surface area contributed by atoms with Gasteiger partial charge >= 0.3 is 6.09 Å². The van der Waals surface area contributed by atoms with Crippen molar-refractivity contribution in [2.75, 3.05) is 5.32 Å². The summed E-state index contributed by atoms with van der Waals surface area (Å²) in [5, 5.41) is 3.00. The number of thioether (sulfide) groups is 1. The van der Waals surface area contributed by atoms with E-state index in [2.05, 4.69) is 5.32 Å². The molecule has 6 heteroatoms. The van der Waals surface area contributed by atoms with E-state index in [1.165, 1.54) is 0 Å². The minimum absolute atomic E-state index is 0.214. The second kappa shape index (κ2) is 8.11. The number of nitrogens with one attached hydrogen (secondary N) is 1. The minimum Gasteiger partial charge on any atom is -0.444 e. The summed E-state index contributed by atoms with van der Waals surface area (Å²) in [6.07, 6.45) is -0.499. The molecule has 0 aliphatic carbocycles. The van der Waals surface area contributed by atoms with Crippen LogP contribution in [0.15, 0.2) is 59.5 Å². The van der Waals surface area contributed by atoms with Gasteiger partial charge in [-0.25, -0.2) is 4.79 Å². The standard InChI is InChI=1S/C23H28N2O3S/c1-22(2,3)28-21(27)25(15-16-11-7-6-8-12-16)19-20(26)24-17-13-9-10-14-18(17)29-23(19,4)5/h6-14,19H,15H2,1-5H3,(H,24,26). The zero-order valence-electron chi connectivity index (χ0n) is 17.6. The van der Waals surface area contributed by atoms with E-state index in [-0.39, 0.29) is 12.5 Å². The Labute approximate surface area is 176 Å². The molecule has 1 atom stereocenters. The lowest BCUT2D eigenvalue weighted by atomic mass is 9.99. The number of rotatable bonds is 3. The number of carbonyl (C=O) groups excluding carboxylic acids is 2. The highest BCUT2D eigenvalue weighted by atomic mass is 32.2. The van der Waals surface area contributed by atoms with Crippen molar-refractivity contribution in [2.45, 2.75) is 62.4 Å². The Morgan fingerprint density at radius 3 is 2.38 bits per heavy atom. The van der Waals surface area contributed by atoms with Gasteiger partial charge in [-0.1, -0.05) is 42.5 Å². The third-order valence-corrected chi connectivity index (χ3v) is 5.89. The smallest absolute Gasteiger partial charge is 0.411 e. The maximum Gasteiger partial charge on any atom is 0.411 e. The largest absolute Gasteiger partial charge is 0.444 e. The summed E-state index contributed by atoms with van der Waals surface area (Å²) in [5.74, 6) is -0.214. The van der Waals surface area contributed by atoms with E-state index in [9.17, 15) is 9.59 Å². The highest BCUT2D eigenvalue weighted by molar-refractivity contribution is 8.01. The lowest BCUT2D eigenvalue weighted by Crippen LogP contribution is -2.56. The first kappa shape index (κ1) is 21.2. The first-order chi connectivity index (χ1) is 13.6. The molecule has 1 aliphatic heterocycles. The first-order valence-corrected chi connectivity index (χ1v) is 10.5. The van der Waals surface area contributed by atoms with Crippen molar-refractivity contribution in [3.05, 3.63) is 60.2 Å². The summed E-state index contributed by atoms with van der Waals surface area (Å²) >= 11 is 1.59. The average molecular weight is 413 g/mol. The van der Waals surface area contributed by atoms with E-state index in [0.29, 0.717) is 0 Å². The van der Waals surface area contributed by atoms with Crippen LogP contribution in [0.5, 0.6) is 0 Å². The van der Waals surface area contributed by atoms with E-state index in [0.717, 1.165) is 16.1 Å². The zero-order valence-corrected chi connectivity index (χ0v) is 18.4. The molecule has 0 saturated carbocycles. The van der Waals surface area contributed by atoms with Gasteiger partial charge in [0.15, 0.2) is 0 Å². The molecule has 154 valence electrons. The highest BCUT2D eigenvalue weighted by Gasteiger charge is 2.46. The SMILES string of the molecule is CC(C)(C)OC(=O)N(Cc1ccccc1)C1C(=O)Nc2ccccc2SC1(C)C. The molecule has 1 N–H and O–H groups in total. The Bertz CT molecular complexity index is 890. The van der Waals surface area contributed by atoms with E-state index < -0.39 is 22.5 Å². The quantitative estimate of drug-likeness (QED) is 0.742. The lowest BCUT2D eigenvalue weighted by Gasteiger charge is -2.39. The Morgan fingerprint density at radius 1 is 1.10 bits per heavy atom. The van der Waals surface area contributed by atoms with Crippen LogP contribution in [0.1, 0.15) is 40.2 Å². The molecule has 0 bridgehead atoms. The molecular formula is C23H28N2O3S. The Balaban J connectivity index is 2.01. The van der Waals surface area contributed by atoms with Crippen molar-refractivity contribution in [1.82, 2.24) is 4.90 Å². The molecule has 0 spiro atoms. The lowest BCUT2D eigenvalue weighted by molar-refractivity contribution is -0.122. The van der Waals surface area contributed by atoms with Gasteiger partial charge in [-0.3, -0.25) is 9.69 Å². The van der Waals surface area contributed by atoms with Crippen LogP contribution in [-0.4, -0.2) is 33.3 Å². The van der Waals surface area contributed by atoms with Crippen LogP contribution < -0.4 is 5.32 Å². The fraction of sp³-hybridized carbons (Fsp3) is 0.391. The maximum atomic E-state index is 13.3. The molecule has 0 saturated heterocycles. The van der Waals surface area contributed by atoms with Crippen molar-refractivity contribution in [3.63, 3.8) is 0 Å². The number of anilines is 1. The summed E-state index contributed by atoms with van der Waals surface area (Å²) in [6.45, 7) is 9.75. The average Bonchev–Trinajstić information content (AvgIpc) is 2.71. The van der Waals surface area contributed by atoms with Crippen LogP contribution in [0.3, 0.4) is 0 Å². The summed E-state index contributed by atoms with van der Waals surface area (Å²) in [5.41, 5.74) is 1.05. The molecule has 29 heavy (non-hydrogen) atoms. The van der Waals surface area contributed by atoms with Gasteiger partial charge in [0.25, 0.3) is 0 Å². The van der Waals surface area contributed by atoms with E-state index in [4.69, 9.17) is 4.74 Å². The van der Waals surface area contributed by atoms with E-state index in [1.54, 1.807) is 16.7 Å². The fourth-order valence-electron chi connectivity index (χ4n) is 3.39. The Kier molecular flexibility index (Phi) is 5.94. The fourth-order valence-corrected chi connectivity index (χ4v) is 4.68. The minimum atomic E-state index is -0.713. The predicted molar refractivity (Wildman–Crippen MR) is 117 cm³/mol. The Hall–Kier alpha value is -2.47. The molecule has 1 aliphatic rings. The van der Waals surface area contributed by atoms with Crippen LogP contribution in [0, 0.1) is 0 Å². The van der Waals surface area contributed by atoms with Crippen LogP contribution in [0.2, 0.25) is 0 Å². The topological polar surface area (TPSA) is 58.6 Å². The van der Waals surface area contributed by atoms with Crippen molar-refractivity contribution < 1.29 is 14.3 Å². The van der Waals surface area contributed by atoms with E-state index in [1.807, 2.05) is 89.2 Å². The molecule has 3 rings (SSSR count). The van der Waals surface area contributed by atoms with Crippen LogP contribution in [0.25, 0.3) is 0 Å². The number of carbonyl (C=O) groups is 2. The molecule has 1 heterocycles. The maximum absolute atomic E-state index is 13.3. The number of fused-ring (bicyclic) bond motifs is 1. The number of para-hydroxylation sites is 1.